The van der Waals surface area contributed by atoms with E-state index in [-0.39, 0.29) is 11.9 Å². The quantitative estimate of drug-likeness (QED) is 0.767. The third kappa shape index (κ3) is 2.29. The molecule has 1 aromatic heterocycles. The highest BCUT2D eigenvalue weighted by Gasteiger charge is 2.25. The van der Waals surface area contributed by atoms with Crippen molar-refractivity contribution in [3.05, 3.63) is 49.3 Å². The van der Waals surface area contributed by atoms with Gasteiger partial charge in [-0.15, -0.1) is 11.3 Å². The van der Waals surface area contributed by atoms with E-state index in [1.165, 1.54) is 22.6 Å². The summed E-state index contributed by atoms with van der Waals surface area (Å²) in [7, 11) is 0. The highest BCUT2D eigenvalue weighted by Crippen LogP contribution is 2.41. The lowest BCUT2D eigenvalue weighted by Crippen LogP contribution is -2.07. The van der Waals surface area contributed by atoms with Crippen LogP contribution < -0.4 is 5.32 Å². The smallest absolute Gasteiger partial charge is 0.124 e. The van der Waals surface area contributed by atoms with E-state index in [1.54, 1.807) is 17.4 Å². The Balaban J connectivity index is 1.85. The van der Waals surface area contributed by atoms with Gasteiger partial charge in [0.1, 0.15) is 5.82 Å². The molecule has 1 aliphatic carbocycles. The predicted octanol–water partition coefficient (Wildman–Crippen LogP) is 5.40. The summed E-state index contributed by atoms with van der Waals surface area (Å²) < 4.78 is 14.6. The maximum absolute atomic E-state index is 13.0. The Morgan fingerprint density at radius 1 is 1.39 bits per heavy atom. The molecular weight excluding hydrogens is 337 g/mol. The van der Waals surface area contributed by atoms with Crippen LogP contribution in [0.2, 0.25) is 4.34 Å². The van der Waals surface area contributed by atoms with Crippen molar-refractivity contribution in [2.24, 2.45) is 0 Å². The van der Waals surface area contributed by atoms with Crippen molar-refractivity contribution in [3.63, 3.8) is 0 Å². The second-order valence-electron chi connectivity index (χ2n) is 4.29. The average molecular weight is 347 g/mol. The Kier molecular flexibility index (Phi) is 3.34. The minimum absolute atomic E-state index is 0.238. The molecule has 2 aromatic rings. The zero-order chi connectivity index (χ0) is 12.7. The molecule has 94 valence electrons. The van der Waals surface area contributed by atoms with Crippen LogP contribution in [0, 0.1) is 5.82 Å². The van der Waals surface area contributed by atoms with Crippen LogP contribution >= 0.6 is 38.9 Å². The van der Waals surface area contributed by atoms with E-state index in [4.69, 9.17) is 11.6 Å². The third-order valence-corrected chi connectivity index (χ3v) is 5.10. The van der Waals surface area contributed by atoms with Crippen LogP contribution in [0.3, 0.4) is 0 Å². The van der Waals surface area contributed by atoms with Crippen LogP contribution in [0.15, 0.2) is 28.7 Å². The largest absolute Gasteiger partial charge is 0.377 e. The summed E-state index contributed by atoms with van der Waals surface area (Å²) in [6, 6.07) is 6.99. The highest BCUT2D eigenvalue weighted by atomic mass is 79.9. The van der Waals surface area contributed by atoms with Gasteiger partial charge in [0.2, 0.25) is 0 Å². The first-order valence-electron chi connectivity index (χ1n) is 5.63. The number of hydrogen-bond acceptors (Lipinski definition) is 2. The standard InChI is InChI=1S/C13H10BrClFNS/c14-9-5-7(16)1-2-11(9)17-10-3-4-12-8(10)6-13(15)18-12/h1-2,5-6,10,17H,3-4H2. The summed E-state index contributed by atoms with van der Waals surface area (Å²) in [6.45, 7) is 0. The highest BCUT2D eigenvalue weighted by molar-refractivity contribution is 9.10. The molecule has 5 heteroatoms. The number of nitrogens with one attached hydrogen (secondary N) is 1. The Labute approximate surface area is 122 Å². The molecule has 1 N–H and O–H groups in total. The number of benzene rings is 1. The van der Waals surface area contributed by atoms with Gasteiger partial charge >= 0.3 is 0 Å². The van der Waals surface area contributed by atoms with Crippen LogP contribution in [0.4, 0.5) is 10.1 Å². The van der Waals surface area contributed by atoms with E-state index in [2.05, 4.69) is 21.2 Å². The van der Waals surface area contributed by atoms with Gasteiger partial charge in [-0.2, -0.15) is 0 Å². The van der Waals surface area contributed by atoms with Crippen molar-refractivity contribution >= 4 is 44.6 Å². The molecule has 1 aliphatic rings. The summed E-state index contributed by atoms with van der Waals surface area (Å²) in [4.78, 5) is 1.36. The monoisotopic (exact) mass is 345 g/mol. The summed E-state index contributed by atoms with van der Waals surface area (Å²) in [5.41, 5.74) is 2.19. The van der Waals surface area contributed by atoms with Gasteiger partial charge in [0.05, 0.1) is 10.4 Å². The first kappa shape index (κ1) is 12.5. The average Bonchev–Trinajstić information content (AvgIpc) is 2.83. The molecule has 1 heterocycles. The lowest BCUT2D eigenvalue weighted by Gasteiger charge is -2.15. The second-order valence-corrected chi connectivity index (χ2v) is 6.91. The molecule has 18 heavy (non-hydrogen) atoms. The van der Waals surface area contributed by atoms with Crippen LogP contribution in [0.5, 0.6) is 0 Å². The molecule has 0 saturated carbocycles. The Hall–Kier alpha value is -0.580. The predicted molar refractivity (Wildman–Crippen MR) is 78.1 cm³/mol. The topological polar surface area (TPSA) is 12.0 Å². The van der Waals surface area contributed by atoms with E-state index in [1.807, 2.05) is 6.07 Å². The normalized spacial score (nSPS) is 17.8. The zero-order valence-electron chi connectivity index (χ0n) is 9.34. The number of rotatable bonds is 2. The summed E-state index contributed by atoms with van der Waals surface area (Å²) in [6.07, 6.45) is 2.12. The molecular formula is C13H10BrClFNS. The molecule has 0 bridgehead atoms. The van der Waals surface area contributed by atoms with Crippen molar-refractivity contribution in [1.29, 1.82) is 0 Å². The number of hydrogen-bond donors (Lipinski definition) is 1. The lowest BCUT2D eigenvalue weighted by atomic mass is 10.1. The van der Waals surface area contributed by atoms with Crippen LogP contribution in [-0.2, 0) is 6.42 Å². The van der Waals surface area contributed by atoms with E-state index in [0.29, 0.717) is 0 Å². The number of halogens is 3. The summed E-state index contributed by atoms with van der Waals surface area (Å²) >= 11 is 11.1. The van der Waals surface area contributed by atoms with Gasteiger partial charge in [-0.05, 0) is 58.6 Å². The van der Waals surface area contributed by atoms with Gasteiger partial charge in [0, 0.05) is 15.0 Å². The zero-order valence-corrected chi connectivity index (χ0v) is 12.5. The molecule has 3 rings (SSSR count). The van der Waals surface area contributed by atoms with Crippen molar-refractivity contribution in [2.75, 3.05) is 5.32 Å². The molecule has 0 amide bonds. The molecule has 1 unspecified atom stereocenters. The maximum atomic E-state index is 13.0. The Bertz CT molecular complexity index is 599. The number of fused-ring (bicyclic) bond motifs is 1. The molecule has 0 spiro atoms. The van der Waals surface area contributed by atoms with Crippen molar-refractivity contribution in [2.45, 2.75) is 18.9 Å². The van der Waals surface area contributed by atoms with E-state index >= 15 is 0 Å². The molecule has 0 aliphatic heterocycles. The molecule has 0 fully saturated rings. The van der Waals surface area contributed by atoms with Gasteiger partial charge in [-0.1, -0.05) is 11.6 Å². The van der Waals surface area contributed by atoms with Gasteiger partial charge < -0.3 is 5.32 Å². The first-order chi connectivity index (χ1) is 8.63. The Morgan fingerprint density at radius 2 is 2.22 bits per heavy atom. The summed E-state index contributed by atoms with van der Waals surface area (Å²) in [5, 5.41) is 3.44. The Morgan fingerprint density at radius 3 is 3.00 bits per heavy atom. The van der Waals surface area contributed by atoms with Gasteiger partial charge in [0.25, 0.3) is 0 Å². The fourth-order valence-electron chi connectivity index (χ4n) is 2.27. The fourth-order valence-corrected chi connectivity index (χ4v) is 4.10. The van der Waals surface area contributed by atoms with Crippen LogP contribution in [0.1, 0.15) is 22.9 Å². The maximum Gasteiger partial charge on any atom is 0.124 e. The molecule has 1 nitrogen and oxygen atoms in total. The van der Waals surface area contributed by atoms with Crippen molar-refractivity contribution in [3.8, 4) is 0 Å². The summed E-state index contributed by atoms with van der Waals surface area (Å²) in [5.74, 6) is -0.238. The second kappa shape index (κ2) is 4.83. The van der Waals surface area contributed by atoms with Crippen molar-refractivity contribution < 1.29 is 4.39 Å². The molecule has 0 saturated heterocycles. The molecule has 1 aromatic carbocycles. The third-order valence-electron chi connectivity index (χ3n) is 3.11. The van der Waals surface area contributed by atoms with E-state index in [9.17, 15) is 4.39 Å². The van der Waals surface area contributed by atoms with Gasteiger partial charge in [0.15, 0.2) is 0 Å². The van der Waals surface area contributed by atoms with Crippen molar-refractivity contribution in [1.82, 2.24) is 0 Å². The minimum atomic E-state index is -0.238. The minimum Gasteiger partial charge on any atom is -0.377 e. The van der Waals surface area contributed by atoms with E-state index < -0.39 is 0 Å². The van der Waals surface area contributed by atoms with Crippen LogP contribution in [-0.4, -0.2) is 0 Å². The van der Waals surface area contributed by atoms with E-state index in [0.717, 1.165) is 27.3 Å². The SMILES string of the molecule is Fc1ccc(NC2CCc3sc(Cl)cc32)c(Br)c1. The lowest BCUT2D eigenvalue weighted by molar-refractivity contribution is 0.627. The fraction of sp³-hybridized carbons (Fsp3) is 0.231. The number of aryl methyl sites for hydroxylation is 1. The first-order valence-corrected chi connectivity index (χ1v) is 7.62. The molecule has 1 atom stereocenters. The number of thiophene rings is 1. The molecule has 0 radical (unpaired) electrons. The van der Waals surface area contributed by atoms with Gasteiger partial charge in [-0.3, -0.25) is 0 Å². The number of anilines is 1. The van der Waals surface area contributed by atoms with Gasteiger partial charge in [-0.25, -0.2) is 4.39 Å². The van der Waals surface area contributed by atoms with Crippen LogP contribution in [0.25, 0.3) is 0 Å².